The fraction of sp³-hybridized carbons (Fsp3) is 0.375. The molecule has 3 rings (SSSR count). The van der Waals surface area contributed by atoms with Crippen LogP contribution in [0.25, 0.3) is 5.65 Å². The molecule has 0 saturated carbocycles. The fourth-order valence-corrected chi connectivity index (χ4v) is 3.75. The lowest BCUT2D eigenvalue weighted by atomic mass is 10.2. The van der Waals surface area contributed by atoms with E-state index in [1.165, 1.54) is 11.3 Å². The predicted octanol–water partition coefficient (Wildman–Crippen LogP) is 1.91. The Morgan fingerprint density at radius 1 is 1.44 bits per heavy atom. The van der Waals surface area contributed by atoms with Crippen LogP contribution in [0.2, 0.25) is 0 Å². The van der Waals surface area contributed by atoms with Gasteiger partial charge >= 0.3 is 0 Å². The minimum Gasteiger partial charge on any atom is -0.341 e. The van der Waals surface area contributed by atoms with Gasteiger partial charge in [0.15, 0.2) is 11.5 Å². The zero-order valence-electron chi connectivity index (χ0n) is 13.9. The Labute approximate surface area is 154 Å². The molecule has 1 amide bonds. The van der Waals surface area contributed by atoms with Gasteiger partial charge in [0.25, 0.3) is 5.91 Å². The van der Waals surface area contributed by atoms with Crippen LogP contribution >= 0.6 is 23.1 Å². The first-order chi connectivity index (χ1) is 12.2. The van der Waals surface area contributed by atoms with E-state index in [1.807, 2.05) is 35.1 Å². The minimum absolute atomic E-state index is 0.196. The lowest BCUT2D eigenvalue weighted by Gasteiger charge is -2.16. The van der Waals surface area contributed by atoms with E-state index < -0.39 is 0 Å². The molecule has 0 aliphatic carbocycles. The normalized spacial score (nSPS) is 12.4. The largest absolute Gasteiger partial charge is 0.341 e. The number of pyridine rings is 1. The summed E-state index contributed by atoms with van der Waals surface area (Å²) in [6, 6.07) is 5.51. The van der Waals surface area contributed by atoms with Crippen molar-refractivity contribution in [3.63, 3.8) is 0 Å². The number of fused-ring (bicyclic) bond motifs is 1. The molecule has 0 aliphatic rings. The third kappa shape index (κ3) is 4.17. The van der Waals surface area contributed by atoms with Crippen LogP contribution in [0.3, 0.4) is 0 Å². The van der Waals surface area contributed by atoms with E-state index in [0.29, 0.717) is 18.7 Å². The molecule has 3 aromatic rings. The van der Waals surface area contributed by atoms with Crippen LogP contribution in [-0.4, -0.2) is 44.0 Å². The summed E-state index contributed by atoms with van der Waals surface area (Å²) in [7, 11) is 0. The summed E-state index contributed by atoms with van der Waals surface area (Å²) < 4.78 is 1.91. The summed E-state index contributed by atoms with van der Waals surface area (Å²) >= 11 is 3.19. The first-order valence-corrected chi connectivity index (χ1v) is 10.2. The summed E-state index contributed by atoms with van der Waals surface area (Å²) in [5, 5.41) is 14.2. The first kappa shape index (κ1) is 17.8. The fourth-order valence-electron chi connectivity index (χ4n) is 2.48. The standard InChI is InChI=1S/C16H20N6OS2/c1-24-9-6-11(15-21-20-13-4-2-3-8-22(13)15)19-16(23)12-10-25-14(18-12)5-7-17/h2-4,8,10-11H,5-7,9,17H2,1H3,(H,19,23). The van der Waals surface area contributed by atoms with Crippen LogP contribution < -0.4 is 11.1 Å². The van der Waals surface area contributed by atoms with Gasteiger partial charge in [-0.1, -0.05) is 6.07 Å². The Hall–Kier alpha value is -1.97. The van der Waals surface area contributed by atoms with Crippen LogP contribution in [0, 0.1) is 0 Å². The van der Waals surface area contributed by atoms with Crippen LogP contribution in [-0.2, 0) is 6.42 Å². The van der Waals surface area contributed by atoms with E-state index in [0.717, 1.165) is 28.7 Å². The van der Waals surface area contributed by atoms with Crippen LogP contribution in [0.1, 0.15) is 33.8 Å². The molecule has 1 unspecified atom stereocenters. The molecule has 0 fully saturated rings. The lowest BCUT2D eigenvalue weighted by Crippen LogP contribution is -2.30. The molecule has 0 bridgehead atoms. The molecule has 3 heterocycles. The average molecular weight is 377 g/mol. The van der Waals surface area contributed by atoms with E-state index in [2.05, 4.69) is 20.5 Å². The molecule has 1 atom stereocenters. The second-order valence-corrected chi connectivity index (χ2v) is 7.39. The van der Waals surface area contributed by atoms with Gasteiger partial charge in [-0.05, 0) is 37.1 Å². The molecule has 3 aromatic heterocycles. The van der Waals surface area contributed by atoms with E-state index in [9.17, 15) is 4.79 Å². The monoisotopic (exact) mass is 376 g/mol. The molecule has 0 radical (unpaired) electrons. The number of nitrogens with two attached hydrogens (primary N) is 1. The SMILES string of the molecule is CSCCC(NC(=O)c1csc(CCN)n1)c1nnc2ccccn12. The van der Waals surface area contributed by atoms with Crippen molar-refractivity contribution in [1.29, 1.82) is 0 Å². The number of nitrogens with zero attached hydrogens (tertiary/aromatic N) is 4. The van der Waals surface area contributed by atoms with Gasteiger partial charge in [0.2, 0.25) is 0 Å². The van der Waals surface area contributed by atoms with Crippen molar-refractivity contribution >= 4 is 34.7 Å². The average Bonchev–Trinajstić information content (AvgIpc) is 3.26. The third-order valence-electron chi connectivity index (χ3n) is 3.71. The number of carbonyl (C=O) groups excluding carboxylic acids is 1. The molecule has 0 aliphatic heterocycles. The number of nitrogens with one attached hydrogen (secondary N) is 1. The zero-order chi connectivity index (χ0) is 17.6. The van der Waals surface area contributed by atoms with Gasteiger partial charge in [0, 0.05) is 18.0 Å². The molecule has 132 valence electrons. The molecule has 7 nitrogen and oxygen atoms in total. The second kappa shape index (κ2) is 8.41. The Balaban J connectivity index is 1.81. The lowest BCUT2D eigenvalue weighted by molar-refractivity contribution is 0.0929. The van der Waals surface area contributed by atoms with E-state index in [1.54, 1.807) is 17.1 Å². The topological polar surface area (TPSA) is 98.2 Å². The second-order valence-electron chi connectivity index (χ2n) is 5.46. The molecular formula is C16H20N6OS2. The van der Waals surface area contributed by atoms with E-state index >= 15 is 0 Å². The molecule has 25 heavy (non-hydrogen) atoms. The zero-order valence-corrected chi connectivity index (χ0v) is 15.5. The number of aromatic nitrogens is 4. The number of thioether (sulfide) groups is 1. The Morgan fingerprint density at radius 2 is 2.32 bits per heavy atom. The molecule has 9 heteroatoms. The summed E-state index contributed by atoms with van der Waals surface area (Å²) in [6.45, 7) is 0.524. The van der Waals surface area contributed by atoms with E-state index in [-0.39, 0.29) is 11.9 Å². The van der Waals surface area contributed by atoms with Gasteiger partial charge in [0.05, 0.1) is 11.0 Å². The van der Waals surface area contributed by atoms with Crippen molar-refractivity contribution in [2.45, 2.75) is 18.9 Å². The Kier molecular flexibility index (Phi) is 6.00. The van der Waals surface area contributed by atoms with Gasteiger partial charge in [0.1, 0.15) is 5.69 Å². The quantitative estimate of drug-likeness (QED) is 0.623. The third-order valence-corrected chi connectivity index (χ3v) is 5.26. The van der Waals surface area contributed by atoms with Gasteiger partial charge < -0.3 is 11.1 Å². The predicted molar refractivity (Wildman–Crippen MR) is 101 cm³/mol. The number of rotatable bonds is 8. The van der Waals surface area contributed by atoms with Crippen molar-refractivity contribution in [2.24, 2.45) is 5.73 Å². The summed E-state index contributed by atoms with van der Waals surface area (Å²) in [4.78, 5) is 17.0. The smallest absolute Gasteiger partial charge is 0.271 e. The van der Waals surface area contributed by atoms with Crippen molar-refractivity contribution < 1.29 is 4.79 Å². The van der Waals surface area contributed by atoms with Crippen LogP contribution in [0.15, 0.2) is 29.8 Å². The number of amides is 1. The molecular weight excluding hydrogens is 356 g/mol. The molecule has 0 saturated heterocycles. The Bertz CT molecular complexity index is 846. The highest BCUT2D eigenvalue weighted by Gasteiger charge is 2.22. The summed E-state index contributed by atoms with van der Waals surface area (Å²) in [5.74, 6) is 1.44. The molecule has 3 N–H and O–H groups in total. The summed E-state index contributed by atoms with van der Waals surface area (Å²) in [5.41, 5.74) is 6.74. The minimum atomic E-state index is -0.225. The van der Waals surface area contributed by atoms with Gasteiger partial charge in [-0.3, -0.25) is 9.20 Å². The number of carbonyl (C=O) groups is 1. The summed E-state index contributed by atoms with van der Waals surface area (Å²) in [6.07, 6.45) is 5.40. The molecule has 0 spiro atoms. The van der Waals surface area contributed by atoms with Crippen LogP contribution in [0.5, 0.6) is 0 Å². The van der Waals surface area contributed by atoms with Crippen molar-refractivity contribution in [2.75, 3.05) is 18.6 Å². The van der Waals surface area contributed by atoms with E-state index in [4.69, 9.17) is 5.73 Å². The van der Waals surface area contributed by atoms with Gasteiger partial charge in [-0.2, -0.15) is 11.8 Å². The van der Waals surface area contributed by atoms with Gasteiger partial charge in [-0.15, -0.1) is 21.5 Å². The highest BCUT2D eigenvalue weighted by atomic mass is 32.2. The maximum Gasteiger partial charge on any atom is 0.271 e. The maximum atomic E-state index is 12.6. The Morgan fingerprint density at radius 3 is 3.12 bits per heavy atom. The van der Waals surface area contributed by atoms with Crippen molar-refractivity contribution in [3.05, 3.63) is 46.3 Å². The maximum absolute atomic E-state index is 12.6. The number of thiazole rings is 1. The highest BCUT2D eigenvalue weighted by molar-refractivity contribution is 7.98. The van der Waals surface area contributed by atoms with Crippen molar-refractivity contribution in [3.8, 4) is 0 Å². The molecule has 0 aromatic carbocycles. The first-order valence-electron chi connectivity index (χ1n) is 7.97. The number of hydrogen-bond acceptors (Lipinski definition) is 7. The highest BCUT2D eigenvalue weighted by Crippen LogP contribution is 2.19. The van der Waals surface area contributed by atoms with Crippen molar-refractivity contribution in [1.82, 2.24) is 24.9 Å². The van der Waals surface area contributed by atoms with Gasteiger partial charge in [-0.25, -0.2) is 4.98 Å². The number of hydrogen-bond donors (Lipinski definition) is 2. The van der Waals surface area contributed by atoms with Crippen LogP contribution in [0.4, 0.5) is 0 Å².